The van der Waals surface area contributed by atoms with E-state index in [2.05, 4.69) is 49.4 Å². The highest BCUT2D eigenvalue weighted by atomic mass is 14.1. The van der Waals surface area contributed by atoms with Crippen LogP contribution in [0.5, 0.6) is 0 Å². The average molecular weight is 279 g/mol. The molecule has 2 rings (SSSR count). The van der Waals surface area contributed by atoms with Crippen molar-refractivity contribution in [1.82, 2.24) is 0 Å². The van der Waals surface area contributed by atoms with Gasteiger partial charge in [0, 0.05) is 0 Å². The molecular weight excluding hydrogens is 252 g/mol. The number of rotatable bonds is 9. The Morgan fingerprint density at radius 3 is 2.24 bits per heavy atom. The normalized spacial score (nSPS) is 10.7. The molecule has 0 saturated heterocycles. The van der Waals surface area contributed by atoms with Crippen LogP contribution < -0.4 is 0 Å². The van der Waals surface area contributed by atoms with Crippen LogP contribution in [-0.2, 0) is 6.42 Å². The second-order valence-corrected chi connectivity index (χ2v) is 5.80. The van der Waals surface area contributed by atoms with Gasteiger partial charge in [-0.25, -0.2) is 0 Å². The van der Waals surface area contributed by atoms with Gasteiger partial charge in [-0.2, -0.15) is 0 Å². The Morgan fingerprint density at radius 2 is 1.48 bits per heavy atom. The first-order valence-corrected chi connectivity index (χ1v) is 8.47. The fourth-order valence-electron chi connectivity index (χ4n) is 2.83. The van der Waals surface area contributed by atoms with Gasteiger partial charge in [0.25, 0.3) is 0 Å². The number of hydrogen-bond donors (Lipinski definition) is 0. The SMILES string of the molecule is CCCCCCCCCc1ccccc1-c1[c]cccc1. The number of benzene rings is 2. The van der Waals surface area contributed by atoms with Gasteiger partial charge in [-0.1, -0.05) is 94.0 Å². The van der Waals surface area contributed by atoms with E-state index in [1.807, 2.05) is 12.1 Å². The molecule has 2 aromatic carbocycles. The van der Waals surface area contributed by atoms with Crippen LogP contribution in [0.1, 0.15) is 57.4 Å². The summed E-state index contributed by atoms with van der Waals surface area (Å²) in [5.74, 6) is 0. The van der Waals surface area contributed by atoms with Gasteiger partial charge in [-0.05, 0) is 35.6 Å². The Kier molecular flexibility index (Phi) is 7.07. The van der Waals surface area contributed by atoms with E-state index in [1.54, 1.807) is 0 Å². The lowest BCUT2D eigenvalue weighted by Gasteiger charge is -2.09. The number of unbranched alkanes of at least 4 members (excludes halogenated alkanes) is 6. The van der Waals surface area contributed by atoms with Crippen LogP contribution in [0.3, 0.4) is 0 Å². The molecule has 0 heteroatoms. The van der Waals surface area contributed by atoms with Crippen LogP contribution in [0.15, 0.2) is 48.5 Å². The molecule has 0 heterocycles. The quantitative estimate of drug-likeness (QED) is 0.463. The highest BCUT2D eigenvalue weighted by Gasteiger charge is 2.04. The Bertz CT molecular complexity index is 498. The lowest BCUT2D eigenvalue weighted by molar-refractivity contribution is 0.589. The molecule has 1 radical (unpaired) electrons. The molecule has 21 heavy (non-hydrogen) atoms. The number of aryl methyl sites for hydroxylation is 1. The first kappa shape index (κ1) is 15.8. The third-order valence-electron chi connectivity index (χ3n) is 4.07. The van der Waals surface area contributed by atoms with Gasteiger partial charge >= 0.3 is 0 Å². The van der Waals surface area contributed by atoms with Gasteiger partial charge in [0.15, 0.2) is 0 Å². The molecule has 0 unspecified atom stereocenters. The molecule has 0 aliphatic heterocycles. The Hall–Kier alpha value is -1.56. The second kappa shape index (κ2) is 9.39. The van der Waals surface area contributed by atoms with Crippen molar-refractivity contribution in [2.45, 2.75) is 58.3 Å². The Labute approximate surface area is 130 Å². The predicted molar refractivity (Wildman–Crippen MR) is 92.4 cm³/mol. The van der Waals surface area contributed by atoms with Crippen LogP contribution in [0, 0.1) is 6.07 Å². The van der Waals surface area contributed by atoms with Crippen molar-refractivity contribution in [3.8, 4) is 11.1 Å². The fraction of sp³-hybridized carbons (Fsp3) is 0.429. The summed E-state index contributed by atoms with van der Waals surface area (Å²) in [5.41, 5.74) is 4.04. The molecule has 0 bridgehead atoms. The molecule has 0 fully saturated rings. The van der Waals surface area contributed by atoms with Crippen molar-refractivity contribution >= 4 is 0 Å². The van der Waals surface area contributed by atoms with Gasteiger partial charge in [0.1, 0.15) is 0 Å². The highest BCUT2D eigenvalue weighted by molar-refractivity contribution is 5.66. The van der Waals surface area contributed by atoms with Crippen molar-refractivity contribution in [3.05, 3.63) is 60.2 Å². The third kappa shape index (κ3) is 5.38. The van der Waals surface area contributed by atoms with E-state index in [-0.39, 0.29) is 0 Å². The lowest BCUT2D eigenvalue weighted by Crippen LogP contribution is -1.91. The predicted octanol–water partition coefficient (Wildman–Crippen LogP) is 6.45. The van der Waals surface area contributed by atoms with Crippen LogP contribution in [0.2, 0.25) is 0 Å². The van der Waals surface area contributed by atoms with E-state index in [0.717, 1.165) is 0 Å². The smallest absolute Gasteiger partial charge is 0.00991 e. The maximum Gasteiger partial charge on any atom is -0.00991 e. The van der Waals surface area contributed by atoms with Crippen LogP contribution >= 0.6 is 0 Å². The van der Waals surface area contributed by atoms with E-state index in [1.165, 1.54) is 68.1 Å². The molecule has 2 aromatic rings. The zero-order valence-electron chi connectivity index (χ0n) is 13.3. The van der Waals surface area contributed by atoms with Crippen LogP contribution in [0.25, 0.3) is 11.1 Å². The molecule has 0 N–H and O–H groups in total. The maximum atomic E-state index is 3.35. The molecule has 0 amide bonds. The summed E-state index contributed by atoms with van der Waals surface area (Å²) in [7, 11) is 0. The average Bonchev–Trinajstić information content (AvgIpc) is 2.55. The zero-order chi connectivity index (χ0) is 14.8. The molecule has 0 aliphatic rings. The minimum atomic E-state index is 1.19. The van der Waals surface area contributed by atoms with E-state index < -0.39 is 0 Å². The van der Waals surface area contributed by atoms with Crippen LogP contribution in [0.4, 0.5) is 0 Å². The minimum Gasteiger partial charge on any atom is -0.0654 e. The van der Waals surface area contributed by atoms with Crippen molar-refractivity contribution in [3.63, 3.8) is 0 Å². The van der Waals surface area contributed by atoms with E-state index >= 15 is 0 Å². The molecule has 0 aromatic heterocycles. The largest absolute Gasteiger partial charge is 0.0654 e. The summed E-state index contributed by atoms with van der Waals surface area (Å²) in [6.07, 6.45) is 10.8. The summed E-state index contributed by atoms with van der Waals surface area (Å²) in [4.78, 5) is 0. The zero-order valence-corrected chi connectivity index (χ0v) is 13.3. The molecule has 0 nitrogen and oxygen atoms in total. The Balaban J connectivity index is 1.84. The van der Waals surface area contributed by atoms with Gasteiger partial charge in [-0.15, -0.1) is 0 Å². The first-order valence-electron chi connectivity index (χ1n) is 8.47. The van der Waals surface area contributed by atoms with E-state index in [4.69, 9.17) is 0 Å². The van der Waals surface area contributed by atoms with Crippen molar-refractivity contribution in [1.29, 1.82) is 0 Å². The van der Waals surface area contributed by atoms with E-state index in [9.17, 15) is 0 Å². The summed E-state index contributed by atoms with van der Waals surface area (Å²) < 4.78 is 0. The van der Waals surface area contributed by atoms with Gasteiger partial charge in [0.2, 0.25) is 0 Å². The third-order valence-corrected chi connectivity index (χ3v) is 4.07. The minimum absolute atomic E-state index is 1.19. The van der Waals surface area contributed by atoms with Gasteiger partial charge < -0.3 is 0 Å². The highest BCUT2D eigenvalue weighted by Crippen LogP contribution is 2.24. The van der Waals surface area contributed by atoms with Crippen molar-refractivity contribution in [2.75, 3.05) is 0 Å². The van der Waals surface area contributed by atoms with Crippen LogP contribution in [-0.4, -0.2) is 0 Å². The summed E-state index contributed by atoms with van der Waals surface area (Å²) in [6.45, 7) is 2.28. The summed E-state index contributed by atoms with van der Waals surface area (Å²) in [6, 6.07) is 20.4. The van der Waals surface area contributed by atoms with Gasteiger partial charge in [0.05, 0.1) is 0 Å². The molecule has 0 spiro atoms. The first-order chi connectivity index (χ1) is 10.4. The molecule has 0 saturated carbocycles. The van der Waals surface area contributed by atoms with E-state index in [0.29, 0.717) is 0 Å². The van der Waals surface area contributed by atoms with Crippen molar-refractivity contribution in [2.24, 2.45) is 0 Å². The van der Waals surface area contributed by atoms with Gasteiger partial charge in [-0.3, -0.25) is 0 Å². The molecule has 111 valence electrons. The number of hydrogen-bond acceptors (Lipinski definition) is 0. The standard InChI is InChI=1S/C21H27/c1-2-3-4-5-6-7-9-14-20-17-12-13-18-21(20)19-15-10-8-11-16-19/h8,10-13,15,17-18H,2-7,9,14H2,1H3. The second-order valence-electron chi connectivity index (χ2n) is 5.80. The van der Waals surface area contributed by atoms with Crippen molar-refractivity contribution < 1.29 is 0 Å². The lowest BCUT2D eigenvalue weighted by atomic mass is 9.95. The topological polar surface area (TPSA) is 0 Å². The molecule has 0 atom stereocenters. The fourth-order valence-corrected chi connectivity index (χ4v) is 2.83. The Morgan fingerprint density at radius 1 is 0.762 bits per heavy atom. The molecular formula is C21H27. The summed E-state index contributed by atoms with van der Waals surface area (Å²) >= 11 is 0. The summed E-state index contributed by atoms with van der Waals surface area (Å²) in [5, 5.41) is 0. The monoisotopic (exact) mass is 279 g/mol. The molecule has 0 aliphatic carbocycles. The maximum absolute atomic E-state index is 3.35.